The summed E-state index contributed by atoms with van der Waals surface area (Å²) in [5.74, 6) is 0.439. The number of rotatable bonds is 10. The van der Waals surface area contributed by atoms with Crippen LogP contribution in [0.2, 0.25) is 10.0 Å². The number of carbonyl (C=O) groups excluding carboxylic acids is 1. The number of hydrogen-bond acceptors (Lipinski definition) is 7. The molecular formula is C29H37Cl2N7O3S. The second-order valence-electron chi connectivity index (χ2n) is 11.3. The summed E-state index contributed by atoms with van der Waals surface area (Å²) in [6.45, 7) is 4.28. The fourth-order valence-corrected chi connectivity index (χ4v) is 7.10. The van der Waals surface area contributed by atoms with Gasteiger partial charge in [0.2, 0.25) is 15.9 Å². The molecule has 2 fully saturated rings. The first-order chi connectivity index (χ1) is 20.2. The van der Waals surface area contributed by atoms with E-state index in [4.69, 9.17) is 23.2 Å². The van der Waals surface area contributed by atoms with Gasteiger partial charge in [0.25, 0.3) is 0 Å². The Morgan fingerprint density at radius 3 is 2.31 bits per heavy atom. The Labute approximate surface area is 257 Å². The van der Waals surface area contributed by atoms with Crippen LogP contribution in [0.25, 0.3) is 5.69 Å². The molecule has 0 aliphatic carbocycles. The molecule has 42 heavy (non-hydrogen) atoms. The number of piperidine rings is 2. The topological polar surface area (TPSA) is 105 Å². The normalized spacial score (nSPS) is 17.9. The first kappa shape index (κ1) is 30.9. The minimum absolute atomic E-state index is 0.0198. The van der Waals surface area contributed by atoms with Gasteiger partial charge in [-0.05, 0) is 110 Å². The molecular weight excluding hydrogens is 597 g/mol. The Hall–Kier alpha value is -2.57. The second-order valence-corrected chi connectivity index (χ2v) is 14.1. The molecule has 226 valence electrons. The lowest BCUT2D eigenvalue weighted by molar-refractivity contribution is -0.123. The van der Waals surface area contributed by atoms with Crippen molar-refractivity contribution < 1.29 is 13.2 Å². The molecule has 1 amide bonds. The van der Waals surface area contributed by atoms with E-state index in [1.54, 1.807) is 23.1 Å². The molecule has 0 saturated carbocycles. The van der Waals surface area contributed by atoms with Gasteiger partial charge >= 0.3 is 0 Å². The Balaban J connectivity index is 1.12. The molecule has 0 spiro atoms. The van der Waals surface area contributed by atoms with E-state index in [0.717, 1.165) is 56.7 Å². The predicted octanol–water partition coefficient (Wildman–Crippen LogP) is 4.32. The van der Waals surface area contributed by atoms with Gasteiger partial charge in [0.15, 0.2) is 0 Å². The van der Waals surface area contributed by atoms with Crippen LogP contribution in [0.15, 0.2) is 48.8 Å². The largest absolute Gasteiger partial charge is 0.312 e. The molecule has 1 aromatic heterocycles. The molecule has 0 unspecified atom stereocenters. The second kappa shape index (κ2) is 13.8. The number of hydrogen-bond donors (Lipinski definition) is 0. The van der Waals surface area contributed by atoms with Crippen molar-refractivity contribution in [1.29, 1.82) is 0 Å². The highest BCUT2D eigenvalue weighted by Crippen LogP contribution is 2.30. The number of likely N-dealkylation sites (tertiary alicyclic amines) is 1. The van der Waals surface area contributed by atoms with Crippen LogP contribution in [0.3, 0.4) is 0 Å². The number of tetrazole rings is 1. The number of benzene rings is 2. The molecule has 0 bridgehead atoms. The minimum Gasteiger partial charge on any atom is -0.312 e. The van der Waals surface area contributed by atoms with Crippen molar-refractivity contribution in [3.8, 4) is 5.69 Å². The minimum atomic E-state index is -3.25. The number of halogens is 2. The number of anilines is 1. The van der Waals surface area contributed by atoms with E-state index < -0.39 is 10.0 Å². The van der Waals surface area contributed by atoms with Gasteiger partial charge in [0, 0.05) is 31.2 Å². The van der Waals surface area contributed by atoms with Crippen LogP contribution < -0.4 is 4.90 Å². The van der Waals surface area contributed by atoms with Crippen molar-refractivity contribution in [2.75, 3.05) is 50.4 Å². The maximum absolute atomic E-state index is 13.7. The summed E-state index contributed by atoms with van der Waals surface area (Å²) in [4.78, 5) is 18.0. The van der Waals surface area contributed by atoms with Crippen molar-refractivity contribution in [3.63, 3.8) is 0 Å². The first-order valence-electron chi connectivity index (χ1n) is 14.4. The number of sulfonamides is 1. The molecule has 3 aromatic rings. The average Bonchev–Trinajstić information content (AvgIpc) is 3.53. The third-order valence-electron chi connectivity index (χ3n) is 8.39. The van der Waals surface area contributed by atoms with Crippen molar-refractivity contribution in [1.82, 2.24) is 29.4 Å². The summed E-state index contributed by atoms with van der Waals surface area (Å²) in [6, 6.07) is 13.7. The first-order valence-corrected chi connectivity index (χ1v) is 17.0. The van der Waals surface area contributed by atoms with Gasteiger partial charge in [-0.3, -0.25) is 4.79 Å². The van der Waals surface area contributed by atoms with Crippen LogP contribution in [-0.4, -0.2) is 89.3 Å². The quantitative estimate of drug-likeness (QED) is 0.327. The van der Waals surface area contributed by atoms with Crippen molar-refractivity contribution in [2.45, 2.75) is 38.5 Å². The third-order valence-corrected chi connectivity index (χ3v) is 10.4. The van der Waals surface area contributed by atoms with E-state index in [-0.39, 0.29) is 11.8 Å². The maximum Gasteiger partial charge on any atom is 0.230 e. The van der Waals surface area contributed by atoms with Gasteiger partial charge in [0.05, 0.1) is 22.0 Å². The number of nitrogens with zero attached hydrogens (tertiary/aromatic N) is 7. The SMILES string of the molecule is CS(=O)(=O)N1CCC(C(=O)N(CCCN2CCC(Cc3ccc(-n4cnnn4)cc3)CC2)c2ccc(Cl)c(Cl)c2)CC1. The van der Waals surface area contributed by atoms with Gasteiger partial charge < -0.3 is 9.80 Å². The van der Waals surface area contributed by atoms with E-state index in [1.807, 2.05) is 11.0 Å². The van der Waals surface area contributed by atoms with Gasteiger partial charge in [-0.1, -0.05) is 35.3 Å². The number of amides is 1. The van der Waals surface area contributed by atoms with Gasteiger partial charge in [-0.15, -0.1) is 5.10 Å². The third kappa shape index (κ3) is 7.87. The maximum atomic E-state index is 13.7. The summed E-state index contributed by atoms with van der Waals surface area (Å²) in [6.07, 6.45) is 8.01. The van der Waals surface area contributed by atoms with Crippen molar-refractivity contribution in [2.24, 2.45) is 11.8 Å². The van der Waals surface area contributed by atoms with Crippen LogP contribution in [-0.2, 0) is 21.2 Å². The Bertz CT molecular complexity index is 1440. The fraction of sp³-hybridized carbons (Fsp3) is 0.517. The molecule has 2 saturated heterocycles. The Kier molecular flexibility index (Phi) is 10.2. The standard InChI is InChI=1S/C29H37Cl2N7O3S/c1-42(40,41)36-17-11-24(12-18-36)29(39)37(26-7-8-27(30)28(31)20-26)14-2-13-35-15-9-23(10-16-35)19-22-3-5-25(6-4-22)38-21-32-33-34-38/h3-8,20-21,23-24H,2,9-19H2,1H3. The van der Waals surface area contributed by atoms with E-state index in [0.29, 0.717) is 48.4 Å². The highest BCUT2D eigenvalue weighted by Gasteiger charge is 2.32. The lowest BCUT2D eigenvalue weighted by Gasteiger charge is -2.35. The van der Waals surface area contributed by atoms with Crippen molar-refractivity contribution >= 4 is 44.8 Å². The summed E-state index contributed by atoms with van der Waals surface area (Å²) in [5, 5.41) is 12.2. The number of aromatic nitrogens is 4. The summed E-state index contributed by atoms with van der Waals surface area (Å²) < 4.78 is 27.0. The fourth-order valence-electron chi connectivity index (χ4n) is 5.94. The summed E-state index contributed by atoms with van der Waals surface area (Å²) in [5.41, 5.74) is 3.00. The highest BCUT2D eigenvalue weighted by atomic mass is 35.5. The van der Waals surface area contributed by atoms with Crippen LogP contribution in [0.4, 0.5) is 5.69 Å². The zero-order valence-electron chi connectivity index (χ0n) is 23.8. The van der Waals surface area contributed by atoms with Crippen LogP contribution in [0, 0.1) is 11.8 Å². The molecule has 2 aliphatic rings. The molecule has 0 radical (unpaired) electrons. The molecule has 3 heterocycles. The molecule has 2 aromatic carbocycles. The van der Waals surface area contributed by atoms with E-state index >= 15 is 0 Å². The zero-order valence-corrected chi connectivity index (χ0v) is 26.1. The molecule has 0 N–H and O–H groups in total. The van der Waals surface area contributed by atoms with Gasteiger partial charge in [-0.2, -0.15) is 0 Å². The van der Waals surface area contributed by atoms with Crippen LogP contribution in [0.5, 0.6) is 0 Å². The summed E-state index contributed by atoms with van der Waals surface area (Å²) in [7, 11) is -3.25. The predicted molar refractivity (Wildman–Crippen MR) is 165 cm³/mol. The molecule has 2 aliphatic heterocycles. The smallest absolute Gasteiger partial charge is 0.230 e. The zero-order chi connectivity index (χ0) is 29.7. The van der Waals surface area contributed by atoms with Crippen LogP contribution >= 0.6 is 23.2 Å². The monoisotopic (exact) mass is 633 g/mol. The Morgan fingerprint density at radius 1 is 0.976 bits per heavy atom. The van der Waals surface area contributed by atoms with E-state index in [2.05, 4.69) is 44.7 Å². The molecule has 0 atom stereocenters. The average molecular weight is 635 g/mol. The lowest BCUT2D eigenvalue weighted by atomic mass is 9.90. The van der Waals surface area contributed by atoms with Gasteiger partial charge in [0.1, 0.15) is 6.33 Å². The number of carbonyl (C=O) groups is 1. The van der Waals surface area contributed by atoms with Gasteiger partial charge in [-0.25, -0.2) is 17.4 Å². The highest BCUT2D eigenvalue weighted by molar-refractivity contribution is 7.88. The molecule has 5 rings (SSSR count). The van der Waals surface area contributed by atoms with Crippen LogP contribution in [0.1, 0.15) is 37.7 Å². The Morgan fingerprint density at radius 2 is 1.69 bits per heavy atom. The summed E-state index contributed by atoms with van der Waals surface area (Å²) >= 11 is 12.5. The van der Waals surface area contributed by atoms with Crippen molar-refractivity contribution in [3.05, 3.63) is 64.4 Å². The molecule has 10 nitrogen and oxygen atoms in total. The lowest BCUT2D eigenvalue weighted by Crippen LogP contribution is -2.45. The van der Waals surface area contributed by atoms with E-state index in [1.165, 1.54) is 16.1 Å². The van der Waals surface area contributed by atoms with E-state index in [9.17, 15) is 13.2 Å². The molecule has 13 heteroatoms.